The minimum Gasteiger partial charge on any atom is -0.337 e. The van der Waals surface area contributed by atoms with Gasteiger partial charge in [0.05, 0.1) is 11.2 Å². The Morgan fingerprint density at radius 2 is 1.77 bits per heavy atom. The molecule has 1 fully saturated rings. The zero-order chi connectivity index (χ0) is 16.3. The Kier molecular flexibility index (Phi) is 4.77. The second kappa shape index (κ2) is 6.41. The largest absolute Gasteiger partial charge is 0.337 e. The van der Waals surface area contributed by atoms with Gasteiger partial charge in [0.1, 0.15) is 0 Å². The van der Waals surface area contributed by atoms with Crippen LogP contribution in [0.1, 0.15) is 16.8 Å². The molecule has 1 aliphatic rings. The summed E-state index contributed by atoms with van der Waals surface area (Å²) < 4.78 is 24.4. The number of nitrogens with zero attached hydrogens (tertiary/aromatic N) is 3. The third-order valence-electron chi connectivity index (χ3n) is 3.54. The van der Waals surface area contributed by atoms with E-state index in [0.29, 0.717) is 31.6 Å². The number of carbonyl (C=O) groups excluding carboxylic acids is 1. The third-order valence-corrected chi connectivity index (χ3v) is 4.84. The number of rotatable bonds is 3. The molecule has 1 aliphatic heterocycles. The summed E-state index contributed by atoms with van der Waals surface area (Å²) in [5.41, 5.74) is 0.286. The molecular weight excluding hydrogens is 310 g/mol. The average molecular weight is 327 g/mol. The molecule has 1 aromatic rings. The van der Waals surface area contributed by atoms with Gasteiger partial charge in [-0.3, -0.25) is 14.9 Å². The quantitative estimate of drug-likeness (QED) is 0.601. The second-order valence-corrected chi connectivity index (χ2v) is 7.09. The van der Waals surface area contributed by atoms with Gasteiger partial charge in [-0.05, 0) is 18.6 Å². The molecule has 0 N–H and O–H groups in total. The van der Waals surface area contributed by atoms with E-state index in [-0.39, 0.29) is 18.1 Å². The molecule has 1 amide bonds. The van der Waals surface area contributed by atoms with Gasteiger partial charge in [0.25, 0.3) is 11.6 Å². The monoisotopic (exact) mass is 327 g/mol. The predicted molar refractivity (Wildman–Crippen MR) is 80.0 cm³/mol. The minimum atomic E-state index is -3.26. The molecule has 0 aliphatic carbocycles. The van der Waals surface area contributed by atoms with Gasteiger partial charge in [-0.2, -0.15) is 0 Å². The summed E-state index contributed by atoms with van der Waals surface area (Å²) >= 11 is 0. The Labute approximate surface area is 128 Å². The maximum atomic E-state index is 12.4. The summed E-state index contributed by atoms with van der Waals surface area (Å²) in [7, 11) is -3.26. The lowest BCUT2D eigenvalue weighted by Crippen LogP contribution is -2.36. The topological polar surface area (TPSA) is 101 Å². The normalized spacial score (nSPS) is 17.0. The lowest BCUT2D eigenvalue weighted by molar-refractivity contribution is -0.384. The van der Waals surface area contributed by atoms with Crippen molar-refractivity contribution in [1.82, 2.24) is 9.21 Å². The number of non-ortho nitro benzene ring substituents is 1. The fourth-order valence-corrected chi connectivity index (χ4v) is 3.21. The lowest BCUT2D eigenvalue weighted by atomic mass is 10.2. The smallest absolute Gasteiger partial charge is 0.269 e. The molecule has 0 atom stereocenters. The zero-order valence-corrected chi connectivity index (χ0v) is 13.0. The fourth-order valence-electron chi connectivity index (χ4n) is 2.34. The SMILES string of the molecule is CS(=O)(=O)N1CCCN(C(=O)c2ccc([N+](=O)[O-])cc2)CC1. The minimum absolute atomic E-state index is 0.0735. The van der Waals surface area contributed by atoms with Crippen molar-refractivity contribution in [2.75, 3.05) is 32.4 Å². The van der Waals surface area contributed by atoms with Crippen LogP contribution in [0.3, 0.4) is 0 Å². The van der Waals surface area contributed by atoms with Gasteiger partial charge in [-0.15, -0.1) is 0 Å². The Morgan fingerprint density at radius 3 is 2.32 bits per heavy atom. The first-order valence-corrected chi connectivity index (χ1v) is 8.63. The van der Waals surface area contributed by atoms with Crippen LogP contribution in [0.15, 0.2) is 24.3 Å². The van der Waals surface area contributed by atoms with Crippen LogP contribution < -0.4 is 0 Å². The molecule has 0 aromatic heterocycles. The number of benzene rings is 1. The zero-order valence-electron chi connectivity index (χ0n) is 12.1. The van der Waals surface area contributed by atoms with Crippen molar-refractivity contribution in [3.8, 4) is 0 Å². The fraction of sp³-hybridized carbons (Fsp3) is 0.462. The number of carbonyl (C=O) groups is 1. The average Bonchev–Trinajstić information content (AvgIpc) is 2.72. The maximum absolute atomic E-state index is 12.4. The van der Waals surface area contributed by atoms with Gasteiger partial charge in [0.2, 0.25) is 10.0 Å². The summed E-state index contributed by atoms with van der Waals surface area (Å²) in [5.74, 6) is -0.245. The molecule has 120 valence electrons. The first kappa shape index (κ1) is 16.4. The molecule has 0 spiro atoms. The molecule has 22 heavy (non-hydrogen) atoms. The van der Waals surface area contributed by atoms with Crippen molar-refractivity contribution in [1.29, 1.82) is 0 Å². The van der Waals surface area contributed by atoms with Crippen molar-refractivity contribution in [2.45, 2.75) is 6.42 Å². The summed E-state index contributed by atoms with van der Waals surface area (Å²) in [6, 6.07) is 5.40. The third kappa shape index (κ3) is 3.80. The number of sulfonamides is 1. The van der Waals surface area contributed by atoms with E-state index < -0.39 is 14.9 Å². The van der Waals surface area contributed by atoms with E-state index in [1.165, 1.54) is 28.6 Å². The Morgan fingerprint density at radius 1 is 1.14 bits per heavy atom. The van der Waals surface area contributed by atoms with Gasteiger partial charge in [-0.25, -0.2) is 12.7 Å². The van der Waals surface area contributed by atoms with Gasteiger partial charge >= 0.3 is 0 Å². The van der Waals surface area contributed by atoms with Crippen molar-refractivity contribution in [3.63, 3.8) is 0 Å². The van der Waals surface area contributed by atoms with E-state index in [0.717, 1.165) is 6.26 Å². The van der Waals surface area contributed by atoms with Crippen molar-refractivity contribution in [3.05, 3.63) is 39.9 Å². The van der Waals surface area contributed by atoms with Crippen LogP contribution in [0.5, 0.6) is 0 Å². The molecule has 1 heterocycles. The molecule has 8 nitrogen and oxygen atoms in total. The number of nitro benzene ring substituents is 1. The van der Waals surface area contributed by atoms with Gasteiger partial charge < -0.3 is 4.90 Å². The van der Waals surface area contributed by atoms with Crippen LogP contribution in [0.4, 0.5) is 5.69 Å². The highest BCUT2D eigenvalue weighted by atomic mass is 32.2. The summed E-state index contributed by atoms with van der Waals surface area (Å²) in [4.78, 5) is 24.0. The molecule has 1 aromatic carbocycles. The van der Waals surface area contributed by atoms with E-state index in [4.69, 9.17) is 0 Å². The molecule has 1 saturated heterocycles. The van der Waals surface area contributed by atoms with E-state index in [1.54, 1.807) is 4.90 Å². The highest BCUT2D eigenvalue weighted by molar-refractivity contribution is 7.88. The van der Waals surface area contributed by atoms with Crippen LogP contribution in [0.2, 0.25) is 0 Å². The van der Waals surface area contributed by atoms with E-state index in [2.05, 4.69) is 0 Å². The van der Waals surface area contributed by atoms with Crippen molar-refractivity contribution < 1.29 is 18.1 Å². The molecular formula is C13H17N3O5S. The van der Waals surface area contributed by atoms with Crippen molar-refractivity contribution >= 4 is 21.6 Å². The van der Waals surface area contributed by atoms with Crippen LogP contribution in [-0.2, 0) is 10.0 Å². The Balaban J connectivity index is 2.08. The van der Waals surface area contributed by atoms with Gasteiger partial charge in [0.15, 0.2) is 0 Å². The lowest BCUT2D eigenvalue weighted by Gasteiger charge is -2.21. The first-order chi connectivity index (χ1) is 10.3. The highest BCUT2D eigenvalue weighted by Crippen LogP contribution is 2.15. The first-order valence-electron chi connectivity index (χ1n) is 6.78. The molecule has 9 heteroatoms. The van der Waals surface area contributed by atoms with E-state index in [9.17, 15) is 23.3 Å². The number of hydrogen-bond donors (Lipinski definition) is 0. The van der Waals surface area contributed by atoms with Crippen LogP contribution in [-0.4, -0.2) is 60.9 Å². The summed E-state index contributed by atoms with van der Waals surface area (Å²) in [6.45, 7) is 1.42. The number of amides is 1. The second-order valence-electron chi connectivity index (χ2n) is 5.11. The van der Waals surface area contributed by atoms with Crippen LogP contribution >= 0.6 is 0 Å². The maximum Gasteiger partial charge on any atom is 0.269 e. The number of hydrogen-bond acceptors (Lipinski definition) is 5. The molecule has 0 bridgehead atoms. The molecule has 0 radical (unpaired) electrons. The predicted octanol–water partition coefficient (Wildman–Crippen LogP) is 0.702. The Hall–Kier alpha value is -2.00. The Bertz CT molecular complexity index is 671. The summed E-state index contributed by atoms with van der Waals surface area (Å²) in [6.07, 6.45) is 1.71. The van der Waals surface area contributed by atoms with Crippen LogP contribution in [0.25, 0.3) is 0 Å². The molecule has 2 rings (SSSR count). The van der Waals surface area contributed by atoms with Gasteiger partial charge in [-0.1, -0.05) is 0 Å². The summed E-state index contributed by atoms with van der Waals surface area (Å²) in [5, 5.41) is 10.6. The highest BCUT2D eigenvalue weighted by Gasteiger charge is 2.24. The van der Waals surface area contributed by atoms with E-state index >= 15 is 0 Å². The molecule has 0 saturated carbocycles. The van der Waals surface area contributed by atoms with Crippen molar-refractivity contribution in [2.24, 2.45) is 0 Å². The van der Waals surface area contributed by atoms with E-state index in [1.807, 2.05) is 0 Å². The number of nitro groups is 1. The standard InChI is InChI=1S/C13H17N3O5S/c1-22(20,21)15-8-2-7-14(9-10-15)13(17)11-3-5-12(6-4-11)16(18)19/h3-6H,2,7-10H2,1H3. The molecule has 0 unspecified atom stereocenters. The van der Waals surface area contributed by atoms with Crippen LogP contribution in [0, 0.1) is 10.1 Å². The van der Waals surface area contributed by atoms with Gasteiger partial charge in [0, 0.05) is 43.9 Å².